The van der Waals surface area contributed by atoms with Crippen molar-refractivity contribution >= 4 is 29.0 Å². The summed E-state index contributed by atoms with van der Waals surface area (Å²) in [6.45, 7) is 6.00. The zero-order valence-corrected chi connectivity index (χ0v) is 19.7. The number of anilines is 4. The minimum absolute atomic E-state index is 0.0213. The third-order valence-corrected chi connectivity index (χ3v) is 5.87. The molecule has 0 atom stereocenters. The Balaban J connectivity index is 1.71. The van der Waals surface area contributed by atoms with E-state index in [1.54, 1.807) is 31.4 Å². The Hall–Kier alpha value is -3.76. The molecule has 0 radical (unpaired) electrons. The van der Waals surface area contributed by atoms with Crippen LogP contribution >= 0.6 is 0 Å². The molecule has 0 fully saturated rings. The molecule has 1 aromatic heterocycles. The fraction of sp³-hybridized carbons (Fsp3) is 0.333. The van der Waals surface area contributed by atoms with Crippen molar-refractivity contribution < 1.29 is 14.6 Å². The Kier molecular flexibility index (Phi) is 6.36. The number of methoxy groups -OCH3 is 1. The van der Waals surface area contributed by atoms with E-state index in [-0.39, 0.29) is 29.5 Å². The van der Waals surface area contributed by atoms with Crippen molar-refractivity contribution in [3.63, 3.8) is 0 Å². The average molecular weight is 464 g/mol. The zero-order chi connectivity index (χ0) is 24.5. The van der Waals surface area contributed by atoms with Gasteiger partial charge in [-0.3, -0.25) is 4.79 Å². The monoisotopic (exact) mass is 463 g/mol. The number of nitrogens with one attached hydrogen (secondary N) is 2. The van der Waals surface area contributed by atoms with Crippen LogP contribution in [0.3, 0.4) is 0 Å². The number of rotatable bonds is 7. The Bertz CT molecular complexity index is 1230. The van der Waals surface area contributed by atoms with Crippen LogP contribution in [-0.2, 0) is 18.6 Å². The molecule has 0 spiro atoms. The summed E-state index contributed by atoms with van der Waals surface area (Å²) < 4.78 is 5.65. The molecule has 1 aliphatic rings. The Labute approximate surface area is 198 Å². The molecule has 1 amide bonds. The molecular formula is C24H29N7O3. The minimum Gasteiger partial charge on any atom is -0.495 e. The van der Waals surface area contributed by atoms with E-state index in [1.165, 1.54) is 11.1 Å². The number of carbonyl (C=O) groups is 1. The summed E-state index contributed by atoms with van der Waals surface area (Å²) in [7, 11) is 3.71. The van der Waals surface area contributed by atoms with Crippen LogP contribution in [0.5, 0.6) is 5.75 Å². The highest BCUT2D eigenvalue weighted by Gasteiger charge is 2.31. The number of nitrogens with zero attached hydrogens (tertiary/aromatic N) is 4. The van der Waals surface area contributed by atoms with Crippen LogP contribution in [0.2, 0.25) is 0 Å². The van der Waals surface area contributed by atoms with Crippen molar-refractivity contribution in [2.24, 2.45) is 5.73 Å². The predicted octanol–water partition coefficient (Wildman–Crippen LogP) is 2.68. The van der Waals surface area contributed by atoms with E-state index in [0.29, 0.717) is 22.7 Å². The van der Waals surface area contributed by atoms with E-state index in [2.05, 4.69) is 51.6 Å². The second kappa shape index (κ2) is 9.24. The number of aromatic nitrogens is 3. The molecule has 4 rings (SSSR count). The van der Waals surface area contributed by atoms with Crippen molar-refractivity contribution in [2.75, 3.05) is 31.3 Å². The minimum atomic E-state index is -0.771. The van der Waals surface area contributed by atoms with Gasteiger partial charge in [-0.15, -0.1) is 10.2 Å². The maximum absolute atomic E-state index is 11.9. The summed E-state index contributed by atoms with van der Waals surface area (Å²) in [6, 6.07) is 11.2. The van der Waals surface area contributed by atoms with Crippen LogP contribution < -0.4 is 21.1 Å². The molecule has 0 saturated heterocycles. The van der Waals surface area contributed by atoms with E-state index in [9.17, 15) is 9.90 Å². The molecule has 178 valence electrons. The topological polar surface area (TPSA) is 139 Å². The van der Waals surface area contributed by atoms with Crippen molar-refractivity contribution in [1.29, 1.82) is 0 Å². The number of aliphatic hydroxyl groups is 1. The lowest BCUT2D eigenvalue weighted by Gasteiger charge is -2.38. The largest absolute Gasteiger partial charge is 0.495 e. The second-order valence-electron chi connectivity index (χ2n) is 9.03. The predicted molar refractivity (Wildman–Crippen MR) is 130 cm³/mol. The molecule has 0 aliphatic carbocycles. The Morgan fingerprint density at radius 1 is 1.21 bits per heavy atom. The number of nitrogens with two attached hydrogens (primary N) is 1. The Morgan fingerprint density at radius 3 is 2.68 bits per heavy atom. The first-order valence-electron chi connectivity index (χ1n) is 10.9. The quantitative estimate of drug-likeness (QED) is 0.416. The summed E-state index contributed by atoms with van der Waals surface area (Å²) in [5.41, 5.74) is 9.66. The summed E-state index contributed by atoms with van der Waals surface area (Å²) in [4.78, 5) is 18.7. The van der Waals surface area contributed by atoms with Crippen molar-refractivity contribution in [3.8, 4) is 5.75 Å². The number of primary amides is 1. The fourth-order valence-electron chi connectivity index (χ4n) is 4.42. The second-order valence-corrected chi connectivity index (χ2v) is 9.03. The van der Waals surface area contributed by atoms with E-state index in [1.807, 2.05) is 12.1 Å². The van der Waals surface area contributed by atoms with Gasteiger partial charge in [-0.2, -0.15) is 4.98 Å². The first-order valence-corrected chi connectivity index (χ1v) is 10.9. The van der Waals surface area contributed by atoms with Gasteiger partial charge < -0.3 is 31.1 Å². The van der Waals surface area contributed by atoms with E-state index >= 15 is 0 Å². The highest BCUT2D eigenvalue weighted by molar-refractivity contribution is 5.96. The highest BCUT2D eigenvalue weighted by atomic mass is 16.5. The molecule has 0 saturated carbocycles. The van der Waals surface area contributed by atoms with Crippen LogP contribution in [-0.4, -0.2) is 51.8 Å². The average Bonchev–Trinajstić information content (AvgIpc) is 2.78. The van der Waals surface area contributed by atoms with Crippen LogP contribution in [0, 0.1) is 0 Å². The van der Waals surface area contributed by atoms with Crippen LogP contribution in [0.15, 0.2) is 36.4 Å². The Morgan fingerprint density at radius 2 is 1.97 bits per heavy atom. The standard InChI is InChI=1S/C24H29N7O3/c1-24(2)13-31(3)11-15-9-18(19(34-4)10-16(15)24)27-23-28-22(20(21(25)33)29-30-23)26-17-8-6-5-7-14(17)12-32/h5-10,32H,11-13H2,1-4H3,(H2,25,33)(H2,26,27,28,30). The molecule has 0 bridgehead atoms. The number of fused-ring (bicyclic) bond motifs is 1. The van der Waals surface area contributed by atoms with Gasteiger partial charge in [-0.1, -0.05) is 32.0 Å². The summed E-state index contributed by atoms with van der Waals surface area (Å²) in [6.07, 6.45) is 0. The van der Waals surface area contributed by atoms with Gasteiger partial charge in [0.15, 0.2) is 11.5 Å². The highest BCUT2D eigenvalue weighted by Crippen LogP contribution is 2.39. The first-order chi connectivity index (χ1) is 16.2. The number of hydrogen-bond donors (Lipinski definition) is 4. The summed E-state index contributed by atoms with van der Waals surface area (Å²) in [5, 5.41) is 23.9. The number of ether oxygens (including phenoxy) is 1. The van der Waals surface area contributed by atoms with Crippen molar-refractivity contribution in [3.05, 3.63) is 58.8 Å². The van der Waals surface area contributed by atoms with Crippen LogP contribution in [0.4, 0.5) is 23.1 Å². The van der Waals surface area contributed by atoms with E-state index in [0.717, 1.165) is 13.1 Å². The van der Waals surface area contributed by atoms with Gasteiger partial charge >= 0.3 is 0 Å². The number of carbonyl (C=O) groups excluding carboxylic acids is 1. The third-order valence-electron chi connectivity index (χ3n) is 5.87. The third kappa shape index (κ3) is 4.63. The van der Waals surface area contributed by atoms with Crippen molar-refractivity contribution in [1.82, 2.24) is 20.1 Å². The molecule has 10 heteroatoms. The molecule has 1 aliphatic heterocycles. The zero-order valence-electron chi connectivity index (χ0n) is 19.7. The number of para-hydroxylation sites is 1. The van der Waals surface area contributed by atoms with E-state index < -0.39 is 5.91 Å². The van der Waals surface area contributed by atoms with Crippen molar-refractivity contribution in [2.45, 2.75) is 32.4 Å². The van der Waals surface area contributed by atoms with E-state index in [4.69, 9.17) is 10.5 Å². The maximum Gasteiger partial charge on any atom is 0.273 e. The molecule has 10 nitrogen and oxygen atoms in total. The van der Waals surface area contributed by atoms with Gasteiger partial charge in [-0.05, 0) is 36.4 Å². The smallest absolute Gasteiger partial charge is 0.273 e. The normalized spacial score (nSPS) is 14.9. The van der Waals surface area contributed by atoms with Gasteiger partial charge in [0.2, 0.25) is 5.95 Å². The number of amides is 1. The lowest BCUT2D eigenvalue weighted by molar-refractivity contribution is 0.0995. The van der Waals surface area contributed by atoms with Gasteiger partial charge in [0.25, 0.3) is 5.91 Å². The summed E-state index contributed by atoms with van der Waals surface area (Å²) in [5.74, 6) is 0.172. The number of benzene rings is 2. The lowest BCUT2D eigenvalue weighted by Crippen LogP contribution is -2.39. The molecular weight excluding hydrogens is 434 g/mol. The number of aliphatic hydroxyl groups excluding tert-OH is 1. The van der Waals surface area contributed by atoms with Crippen LogP contribution in [0.1, 0.15) is 41.0 Å². The van der Waals surface area contributed by atoms with Gasteiger partial charge in [0.1, 0.15) is 5.75 Å². The van der Waals surface area contributed by atoms with Gasteiger partial charge in [0, 0.05) is 29.8 Å². The molecule has 5 N–H and O–H groups in total. The lowest BCUT2D eigenvalue weighted by atomic mass is 9.78. The maximum atomic E-state index is 11.9. The number of hydrogen-bond acceptors (Lipinski definition) is 9. The fourth-order valence-corrected chi connectivity index (χ4v) is 4.42. The SMILES string of the molecule is COc1cc2c(cc1Nc1nnc(C(N)=O)c(Nc3ccccc3CO)n1)CN(C)CC2(C)C. The van der Waals surface area contributed by atoms with Gasteiger partial charge in [0.05, 0.1) is 19.4 Å². The first kappa shape index (κ1) is 23.4. The molecule has 2 heterocycles. The molecule has 34 heavy (non-hydrogen) atoms. The summed E-state index contributed by atoms with van der Waals surface area (Å²) >= 11 is 0. The molecule has 3 aromatic rings. The number of likely N-dealkylation sites (N-methyl/N-ethyl adjacent to an activating group) is 1. The molecule has 0 unspecified atom stereocenters. The molecule has 2 aromatic carbocycles. The van der Waals surface area contributed by atoms with Crippen LogP contribution in [0.25, 0.3) is 0 Å². The van der Waals surface area contributed by atoms with Gasteiger partial charge in [-0.25, -0.2) is 0 Å².